The molecule has 7 heteroatoms. The molecule has 4 nitrogen and oxygen atoms in total. The van der Waals surface area contributed by atoms with E-state index in [9.17, 15) is 13.2 Å². The highest BCUT2D eigenvalue weighted by atomic mass is 19.4. The van der Waals surface area contributed by atoms with E-state index in [4.69, 9.17) is 4.74 Å². The Kier molecular flexibility index (Phi) is 5.34. The Balaban J connectivity index is 2.09. The van der Waals surface area contributed by atoms with Crippen molar-refractivity contribution in [3.05, 3.63) is 36.0 Å². The third kappa shape index (κ3) is 3.92. The molecular formula is C19H22F3N3O. The minimum Gasteiger partial charge on any atom is -0.497 e. The lowest BCUT2D eigenvalue weighted by Gasteiger charge is -2.35. The van der Waals surface area contributed by atoms with Gasteiger partial charge in [-0.05, 0) is 43.9 Å². The van der Waals surface area contributed by atoms with Crippen molar-refractivity contribution >= 4 is 5.95 Å². The maximum atomic E-state index is 13.4. The molecule has 0 unspecified atom stereocenters. The van der Waals surface area contributed by atoms with Gasteiger partial charge in [0.15, 0.2) is 5.69 Å². The first-order chi connectivity index (χ1) is 12.4. The van der Waals surface area contributed by atoms with Gasteiger partial charge in [0.2, 0.25) is 5.95 Å². The van der Waals surface area contributed by atoms with E-state index in [0.29, 0.717) is 17.9 Å². The molecule has 0 saturated carbocycles. The van der Waals surface area contributed by atoms with Crippen molar-refractivity contribution in [1.82, 2.24) is 9.97 Å². The summed E-state index contributed by atoms with van der Waals surface area (Å²) in [4.78, 5) is 10.2. The topological polar surface area (TPSA) is 38.2 Å². The van der Waals surface area contributed by atoms with E-state index in [1.165, 1.54) is 7.11 Å². The van der Waals surface area contributed by atoms with Gasteiger partial charge in [-0.25, -0.2) is 9.97 Å². The van der Waals surface area contributed by atoms with Gasteiger partial charge >= 0.3 is 6.18 Å². The Morgan fingerprint density at radius 2 is 2.00 bits per heavy atom. The zero-order valence-corrected chi connectivity index (χ0v) is 14.9. The van der Waals surface area contributed by atoms with Crippen molar-refractivity contribution in [2.45, 2.75) is 44.8 Å². The number of hydrogen-bond acceptors (Lipinski definition) is 4. The quantitative estimate of drug-likeness (QED) is 0.769. The monoisotopic (exact) mass is 365 g/mol. The van der Waals surface area contributed by atoms with E-state index in [1.807, 2.05) is 11.8 Å². The van der Waals surface area contributed by atoms with E-state index in [0.717, 1.165) is 31.7 Å². The lowest BCUT2D eigenvalue weighted by Crippen LogP contribution is -2.40. The van der Waals surface area contributed by atoms with Gasteiger partial charge in [-0.15, -0.1) is 0 Å². The van der Waals surface area contributed by atoms with Crippen molar-refractivity contribution in [2.75, 3.05) is 18.6 Å². The zero-order chi connectivity index (χ0) is 18.7. The normalized spacial score (nSPS) is 18.0. The fourth-order valence-corrected chi connectivity index (χ4v) is 3.33. The molecule has 1 fully saturated rings. The average Bonchev–Trinajstić information content (AvgIpc) is 2.67. The number of alkyl halides is 3. The highest BCUT2D eigenvalue weighted by Gasteiger charge is 2.35. The maximum Gasteiger partial charge on any atom is 0.433 e. The summed E-state index contributed by atoms with van der Waals surface area (Å²) in [5, 5.41) is 0. The number of anilines is 1. The number of methoxy groups -OCH3 is 1. The van der Waals surface area contributed by atoms with Crippen LogP contribution in [0.1, 0.15) is 38.3 Å². The number of halogens is 3. The van der Waals surface area contributed by atoms with Crippen LogP contribution in [0.15, 0.2) is 30.3 Å². The van der Waals surface area contributed by atoms with Crippen molar-refractivity contribution < 1.29 is 17.9 Å². The Morgan fingerprint density at radius 3 is 2.69 bits per heavy atom. The minimum atomic E-state index is -4.52. The molecule has 140 valence electrons. The van der Waals surface area contributed by atoms with E-state index in [1.54, 1.807) is 24.3 Å². The van der Waals surface area contributed by atoms with Crippen molar-refractivity contribution in [3.63, 3.8) is 0 Å². The van der Waals surface area contributed by atoms with Crippen LogP contribution < -0.4 is 9.64 Å². The Hall–Kier alpha value is -2.31. The second-order valence-corrected chi connectivity index (χ2v) is 6.42. The second kappa shape index (κ2) is 7.51. The number of nitrogens with zero attached hydrogens (tertiary/aromatic N) is 3. The van der Waals surface area contributed by atoms with E-state index in [2.05, 4.69) is 9.97 Å². The van der Waals surface area contributed by atoms with Crippen LogP contribution in [0.3, 0.4) is 0 Å². The second-order valence-electron chi connectivity index (χ2n) is 6.42. The molecule has 3 rings (SSSR count). The standard InChI is InChI=1S/C19H22F3N3O/c1-3-14-8-4-5-10-25(14)18-23-16(12-17(24-18)19(20,21)22)13-7-6-9-15(11-13)26-2/h6-7,9,11-12,14H,3-5,8,10H2,1-2H3/t14-/m1/s1. The molecule has 1 aromatic carbocycles. The number of ether oxygens (including phenoxy) is 1. The summed E-state index contributed by atoms with van der Waals surface area (Å²) in [6.07, 6.45) is -0.706. The Morgan fingerprint density at radius 1 is 1.19 bits per heavy atom. The van der Waals surface area contributed by atoms with Gasteiger partial charge in [0.1, 0.15) is 5.75 Å². The van der Waals surface area contributed by atoms with Gasteiger partial charge in [-0.1, -0.05) is 19.1 Å². The summed E-state index contributed by atoms with van der Waals surface area (Å²) in [6, 6.07) is 8.06. The molecule has 0 spiro atoms. The molecule has 0 radical (unpaired) electrons. The van der Waals surface area contributed by atoms with Crippen LogP contribution in [0.25, 0.3) is 11.3 Å². The molecule has 1 saturated heterocycles. The highest BCUT2D eigenvalue weighted by Crippen LogP contribution is 2.34. The lowest BCUT2D eigenvalue weighted by atomic mass is 10.0. The molecule has 0 N–H and O–H groups in total. The van der Waals surface area contributed by atoms with Gasteiger partial charge < -0.3 is 9.64 Å². The first-order valence-electron chi connectivity index (χ1n) is 8.79. The Bertz CT molecular complexity index is 764. The van der Waals surface area contributed by atoms with Crippen molar-refractivity contribution in [2.24, 2.45) is 0 Å². The zero-order valence-electron chi connectivity index (χ0n) is 14.9. The average molecular weight is 365 g/mol. The van der Waals surface area contributed by atoms with Crippen LogP contribution in [0.5, 0.6) is 5.75 Å². The summed E-state index contributed by atoms with van der Waals surface area (Å²) >= 11 is 0. The Labute approximate surface area is 151 Å². The summed E-state index contributed by atoms with van der Waals surface area (Å²) in [5.41, 5.74) is -0.0917. The van der Waals surface area contributed by atoms with Crippen LogP contribution >= 0.6 is 0 Å². The van der Waals surface area contributed by atoms with E-state index < -0.39 is 11.9 Å². The van der Waals surface area contributed by atoms with Gasteiger partial charge in [0.25, 0.3) is 0 Å². The summed E-state index contributed by atoms with van der Waals surface area (Å²) in [6.45, 7) is 2.72. The molecule has 1 aromatic heterocycles. The molecule has 26 heavy (non-hydrogen) atoms. The molecule has 1 atom stereocenters. The van der Waals surface area contributed by atoms with Crippen LogP contribution in [-0.4, -0.2) is 29.7 Å². The predicted octanol–water partition coefficient (Wildman–Crippen LogP) is 4.94. The smallest absolute Gasteiger partial charge is 0.433 e. The minimum absolute atomic E-state index is 0.157. The number of benzene rings is 1. The SMILES string of the molecule is CC[C@@H]1CCCCN1c1nc(-c2cccc(OC)c2)cc(C(F)(F)F)n1. The van der Waals surface area contributed by atoms with Gasteiger partial charge in [-0.3, -0.25) is 0 Å². The molecule has 0 aliphatic carbocycles. The van der Waals surface area contributed by atoms with Crippen LogP contribution in [0.2, 0.25) is 0 Å². The third-order valence-corrected chi connectivity index (χ3v) is 4.73. The number of aromatic nitrogens is 2. The number of hydrogen-bond donors (Lipinski definition) is 0. The fraction of sp³-hybridized carbons (Fsp3) is 0.474. The van der Waals surface area contributed by atoms with Crippen LogP contribution in [-0.2, 0) is 6.18 Å². The predicted molar refractivity (Wildman–Crippen MR) is 94.3 cm³/mol. The summed E-state index contributed by atoms with van der Waals surface area (Å²) in [7, 11) is 1.52. The molecular weight excluding hydrogens is 343 g/mol. The fourth-order valence-electron chi connectivity index (χ4n) is 3.33. The van der Waals surface area contributed by atoms with E-state index in [-0.39, 0.29) is 17.7 Å². The number of piperidine rings is 1. The van der Waals surface area contributed by atoms with Gasteiger partial charge in [0, 0.05) is 18.2 Å². The molecule has 2 heterocycles. The highest BCUT2D eigenvalue weighted by molar-refractivity contribution is 5.63. The van der Waals surface area contributed by atoms with Crippen LogP contribution in [0.4, 0.5) is 19.1 Å². The number of rotatable bonds is 4. The molecule has 1 aliphatic heterocycles. The maximum absolute atomic E-state index is 13.4. The van der Waals surface area contributed by atoms with E-state index >= 15 is 0 Å². The summed E-state index contributed by atoms with van der Waals surface area (Å²) < 4.78 is 45.4. The molecule has 0 amide bonds. The third-order valence-electron chi connectivity index (χ3n) is 4.73. The van der Waals surface area contributed by atoms with Gasteiger partial charge in [-0.2, -0.15) is 13.2 Å². The van der Waals surface area contributed by atoms with Gasteiger partial charge in [0.05, 0.1) is 12.8 Å². The lowest BCUT2D eigenvalue weighted by molar-refractivity contribution is -0.141. The van der Waals surface area contributed by atoms with Crippen molar-refractivity contribution in [1.29, 1.82) is 0 Å². The molecule has 1 aliphatic rings. The first-order valence-corrected chi connectivity index (χ1v) is 8.79. The summed E-state index contributed by atoms with van der Waals surface area (Å²) in [5.74, 6) is 0.727. The first kappa shape index (κ1) is 18.5. The van der Waals surface area contributed by atoms with Crippen LogP contribution in [0, 0.1) is 0 Å². The molecule has 2 aromatic rings. The molecule has 0 bridgehead atoms. The van der Waals surface area contributed by atoms with Crippen molar-refractivity contribution in [3.8, 4) is 17.0 Å². The largest absolute Gasteiger partial charge is 0.497 e.